The SMILES string of the molecule is NC1=NC(O)(C(F)(F)C(F)(F)F)C(C(F)(F)F)(C(F)(F)F)O1. The third kappa shape index (κ3) is 1.97. The summed E-state index contributed by atoms with van der Waals surface area (Å²) in [6.07, 6.45) is -21.0. The Balaban J connectivity index is 3.82. The van der Waals surface area contributed by atoms with Crippen molar-refractivity contribution in [3.63, 3.8) is 0 Å². The highest BCUT2D eigenvalue weighted by Gasteiger charge is 2.94. The van der Waals surface area contributed by atoms with Crippen molar-refractivity contribution in [2.24, 2.45) is 10.7 Å². The van der Waals surface area contributed by atoms with Crippen molar-refractivity contribution in [1.82, 2.24) is 0 Å². The molecular formula is C7H3F11N2O2. The van der Waals surface area contributed by atoms with Crippen molar-refractivity contribution in [1.29, 1.82) is 0 Å². The molecule has 0 amide bonds. The second-order valence-corrected chi connectivity index (χ2v) is 3.97. The molecule has 0 saturated heterocycles. The van der Waals surface area contributed by atoms with Gasteiger partial charge in [0.05, 0.1) is 0 Å². The summed E-state index contributed by atoms with van der Waals surface area (Å²) in [5, 5.41) is 9.00. The smallest absolute Gasteiger partial charge is 0.434 e. The lowest BCUT2D eigenvalue weighted by Gasteiger charge is -2.43. The zero-order valence-electron chi connectivity index (χ0n) is 9.54. The molecule has 130 valence electrons. The van der Waals surface area contributed by atoms with E-state index >= 15 is 0 Å². The number of amidine groups is 1. The molecule has 15 heteroatoms. The molecule has 1 aliphatic rings. The lowest BCUT2D eigenvalue weighted by Crippen LogP contribution is -2.77. The fourth-order valence-electron chi connectivity index (χ4n) is 1.65. The average Bonchev–Trinajstić information content (AvgIpc) is 2.49. The molecule has 0 fully saturated rings. The van der Waals surface area contributed by atoms with Crippen molar-refractivity contribution in [2.45, 2.75) is 35.8 Å². The first-order valence-electron chi connectivity index (χ1n) is 4.70. The Morgan fingerprint density at radius 1 is 0.864 bits per heavy atom. The summed E-state index contributed by atoms with van der Waals surface area (Å²) in [7, 11) is 0. The van der Waals surface area contributed by atoms with Gasteiger partial charge < -0.3 is 15.6 Å². The molecule has 1 rings (SSSR count). The van der Waals surface area contributed by atoms with Gasteiger partial charge in [-0.3, -0.25) is 0 Å². The summed E-state index contributed by atoms with van der Waals surface area (Å²) in [4.78, 5) is 1.56. The van der Waals surface area contributed by atoms with Crippen LogP contribution in [-0.2, 0) is 4.74 Å². The summed E-state index contributed by atoms with van der Waals surface area (Å²) in [5.41, 5.74) is -8.26. The highest BCUT2D eigenvalue weighted by molar-refractivity contribution is 5.75. The standard InChI is InChI=1S/C7H3F11N2O2/c8-3(9,7(16,17)18)4(21)2(5(10,11)12,6(13,14)15)22-1(19)20-4/h21H,(H2,19,20). The molecule has 0 aromatic carbocycles. The van der Waals surface area contributed by atoms with Crippen molar-refractivity contribution < 1.29 is 58.1 Å². The lowest BCUT2D eigenvalue weighted by molar-refractivity contribution is -0.446. The normalized spacial score (nSPS) is 26.6. The molecule has 1 aliphatic heterocycles. The van der Waals surface area contributed by atoms with Crippen LogP contribution in [0.2, 0.25) is 0 Å². The zero-order chi connectivity index (χ0) is 18.0. The number of hydrogen-bond acceptors (Lipinski definition) is 4. The fraction of sp³-hybridized carbons (Fsp3) is 0.857. The molecule has 1 atom stereocenters. The maximum atomic E-state index is 13.1. The number of halogens is 11. The van der Waals surface area contributed by atoms with E-state index in [9.17, 15) is 48.3 Å². The van der Waals surface area contributed by atoms with Gasteiger partial charge in [0.25, 0.3) is 11.7 Å². The molecule has 0 aliphatic carbocycles. The summed E-state index contributed by atoms with van der Waals surface area (Å²) in [6.45, 7) is 0. The van der Waals surface area contributed by atoms with E-state index in [1.165, 1.54) is 0 Å². The van der Waals surface area contributed by atoms with Gasteiger partial charge >= 0.3 is 30.1 Å². The topological polar surface area (TPSA) is 67.8 Å². The molecule has 22 heavy (non-hydrogen) atoms. The number of hydrogen-bond donors (Lipinski definition) is 2. The quantitative estimate of drug-likeness (QED) is 0.707. The molecule has 3 N–H and O–H groups in total. The Morgan fingerprint density at radius 3 is 1.50 bits per heavy atom. The minimum absolute atomic E-state index is 1.56. The van der Waals surface area contributed by atoms with Gasteiger partial charge in [-0.15, -0.1) is 0 Å². The van der Waals surface area contributed by atoms with E-state index in [4.69, 9.17) is 5.11 Å². The van der Waals surface area contributed by atoms with Crippen LogP contribution in [-0.4, -0.2) is 46.9 Å². The molecule has 0 saturated carbocycles. The molecular weight excluding hydrogens is 353 g/mol. The number of aliphatic hydroxyl groups is 1. The van der Waals surface area contributed by atoms with Crippen LogP contribution in [0.4, 0.5) is 48.3 Å². The van der Waals surface area contributed by atoms with Gasteiger partial charge in [0, 0.05) is 0 Å². The maximum absolute atomic E-state index is 13.1. The predicted octanol–water partition coefficient (Wildman–Crippen LogP) is 2.08. The average molecular weight is 356 g/mol. The molecule has 0 bridgehead atoms. The summed E-state index contributed by atoms with van der Waals surface area (Å²) in [6, 6.07) is -2.35. The molecule has 0 aromatic heterocycles. The third-order valence-corrected chi connectivity index (χ3v) is 2.61. The van der Waals surface area contributed by atoms with Gasteiger partial charge in [-0.2, -0.15) is 53.3 Å². The second kappa shape index (κ2) is 4.26. The molecule has 0 aromatic rings. The fourth-order valence-corrected chi connectivity index (χ4v) is 1.65. The van der Waals surface area contributed by atoms with Crippen molar-refractivity contribution in [3.05, 3.63) is 0 Å². The van der Waals surface area contributed by atoms with E-state index < -0.39 is 41.8 Å². The Labute approximate surface area is 112 Å². The third-order valence-electron chi connectivity index (χ3n) is 2.61. The van der Waals surface area contributed by atoms with Crippen molar-refractivity contribution >= 4 is 6.02 Å². The molecule has 1 heterocycles. The summed E-state index contributed by atoms with van der Waals surface area (Å²) >= 11 is 0. The summed E-state index contributed by atoms with van der Waals surface area (Å²) in [5.74, 6) is -6.99. The number of alkyl halides is 11. The predicted molar refractivity (Wildman–Crippen MR) is 43.5 cm³/mol. The molecule has 0 spiro atoms. The van der Waals surface area contributed by atoms with Gasteiger partial charge in [0.15, 0.2) is 0 Å². The highest BCUT2D eigenvalue weighted by atomic mass is 19.4. The first-order valence-corrected chi connectivity index (χ1v) is 4.70. The van der Waals surface area contributed by atoms with Crippen LogP contribution in [0, 0.1) is 0 Å². The zero-order valence-corrected chi connectivity index (χ0v) is 9.54. The number of nitrogens with zero attached hydrogens (tertiary/aromatic N) is 1. The van der Waals surface area contributed by atoms with Crippen LogP contribution in [0.3, 0.4) is 0 Å². The first kappa shape index (κ1) is 18.5. The van der Waals surface area contributed by atoms with Crippen LogP contribution in [0.15, 0.2) is 4.99 Å². The van der Waals surface area contributed by atoms with E-state index in [1.807, 2.05) is 0 Å². The molecule has 4 nitrogen and oxygen atoms in total. The van der Waals surface area contributed by atoms with E-state index in [0.29, 0.717) is 0 Å². The maximum Gasteiger partial charge on any atom is 0.458 e. The van der Waals surface area contributed by atoms with Gasteiger partial charge in [0.2, 0.25) is 0 Å². The monoisotopic (exact) mass is 356 g/mol. The van der Waals surface area contributed by atoms with Gasteiger partial charge in [-0.25, -0.2) is 0 Å². The Hall–Kier alpha value is -1.54. The highest BCUT2D eigenvalue weighted by Crippen LogP contribution is 2.61. The lowest BCUT2D eigenvalue weighted by atomic mass is 9.84. The molecule has 0 radical (unpaired) electrons. The minimum Gasteiger partial charge on any atom is -0.434 e. The van der Waals surface area contributed by atoms with E-state index in [1.54, 1.807) is 4.99 Å². The second-order valence-electron chi connectivity index (χ2n) is 3.97. The van der Waals surface area contributed by atoms with E-state index in [2.05, 4.69) is 10.5 Å². The van der Waals surface area contributed by atoms with E-state index in [0.717, 1.165) is 0 Å². The van der Waals surface area contributed by atoms with Crippen LogP contribution in [0.25, 0.3) is 0 Å². The van der Waals surface area contributed by atoms with Gasteiger partial charge in [-0.05, 0) is 0 Å². The number of ether oxygens (including phenoxy) is 1. The van der Waals surface area contributed by atoms with Crippen LogP contribution < -0.4 is 5.73 Å². The van der Waals surface area contributed by atoms with E-state index in [-0.39, 0.29) is 0 Å². The largest absolute Gasteiger partial charge is 0.458 e. The Bertz CT molecular complexity index is 476. The Morgan fingerprint density at radius 2 is 1.23 bits per heavy atom. The van der Waals surface area contributed by atoms with Crippen molar-refractivity contribution in [3.8, 4) is 0 Å². The van der Waals surface area contributed by atoms with Gasteiger partial charge in [0.1, 0.15) is 0 Å². The number of aliphatic imine (C=N–C) groups is 1. The Kier molecular flexibility index (Phi) is 3.58. The van der Waals surface area contributed by atoms with Crippen LogP contribution >= 0.6 is 0 Å². The summed E-state index contributed by atoms with van der Waals surface area (Å²) < 4.78 is 142. The van der Waals surface area contributed by atoms with Crippen LogP contribution in [0.5, 0.6) is 0 Å². The first-order chi connectivity index (χ1) is 9.35. The van der Waals surface area contributed by atoms with Gasteiger partial charge in [-0.1, -0.05) is 0 Å². The van der Waals surface area contributed by atoms with Crippen molar-refractivity contribution in [2.75, 3.05) is 0 Å². The minimum atomic E-state index is -7.03. The molecule has 1 unspecified atom stereocenters. The number of nitrogens with two attached hydrogens (primary N) is 1. The number of rotatable bonds is 1. The van der Waals surface area contributed by atoms with Crippen LogP contribution in [0.1, 0.15) is 0 Å².